The van der Waals surface area contributed by atoms with Crippen molar-refractivity contribution in [1.29, 1.82) is 0 Å². The topological polar surface area (TPSA) is 32.7 Å². The zero-order valence-electron chi connectivity index (χ0n) is 11.3. The minimum absolute atomic E-state index is 0.0780. The molecule has 1 heterocycles. The van der Waals surface area contributed by atoms with E-state index in [1.54, 1.807) is 0 Å². The summed E-state index contributed by atoms with van der Waals surface area (Å²) in [5.41, 5.74) is 1.08. The smallest absolute Gasteiger partial charge is 0.0802 e. The first-order chi connectivity index (χ1) is 8.59. The highest BCUT2D eigenvalue weighted by atomic mass is 16.5. The molecule has 1 aromatic rings. The molecular weight excluding hydrogens is 226 g/mol. The number of ether oxygens (including phenoxy) is 1. The van der Waals surface area contributed by atoms with Gasteiger partial charge in [0.2, 0.25) is 0 Å². The summed E-state index contributed by atoms with van der Waals surface area (Å²) in [6.07, 6.45) is 0.401. The monoisotopic (exact) mass is 249 g/mol. The van der Waals surface area contributed by atoms with Crippen LogP contribution in [0.15, 0.2) is 30.3 Å². The van der Waals surface area contributed by atoms with Gasteiger partial charge in [0.05, 0.1) is 19.3 Å². The number of aliphatic hydroxyl groups is 1. The predicted octanol–water partition coefficient (Wildman–Crippen LogP) is 2.22. The molecule has 1 fully saturated rings. The molecule has 1 aliphatic heterocycles. The zero-order chi connectivity index (χ0) is 13.0. The molecule has 0 aromatic heterocycles. The Hall–Kier alpha value is -0.900. The van der Waals surface area contributed by atoms with Gasteiger partial charge in [0.15, 0.2) is 0 Å². The second-order valence-corrected chi connectivity index (χ2v) is 5.57. The van der Waals surface area contributed by atoms with E-state index in [9.17, 15) is 5.11 Å². The summed E-state index contributed by atoms with van der Waals surface area (Å²) in [6.45, 7) is 7.82. The average molecular weight is 249 g/mol. The molecule has 18 heavy (non-hydrogen) atoms. The fraction of sp³-hybridized carbons (Fsp3) is 0.600. The molecule has 2 rings (SSSR count). The van der Waals surface area contributed by atoms with Crippen molar-refractivity contribution in [3.05, 3.63) is 35.9 Å². The van der Waals surface area contributed by atoms with Crippen LogP contribution in [0.1, 0.15) is 31.9 Å². The van der Waals surface area contributed by atoms with E-state index >= 15 is 0 Å². The lowest BCUT2D eigenvalue weighted by atomic mass is 10.0. The van der Waals surface area contributed by atoms with Crippen molar-refractivity contribution in [3.8, 4) is 0 Å². The largest absolute Gasteiger partial charge is 0.388 e. The van der Waals surface area contributed by atoms with Gasteiger partial charge in [0.1, 0.15) is 0 Å². The predicted molar refractivity (Wildman–Crippen MR) is 72.5 cm³/mol. The van der Waals surface area contributed by atoms with E-state index in [0.29, 0.717) is 0 Å². The van der Waals surface area contributed by atoms with Crippen molar-refractivity contribution in [2.75, 3.05) is 26.3 Å². The Kier molecular flexibility index (Phi) is 4.38. The molecule has 0 saturated carbocycles. The van der Waals surface area contributed by atoms with Crippen molar-refractivity contribution < 1.29 is 9.84 Å². The number of benzene rings is 1. The lowest BCUT2D eigenvalue weighted by Crippen LogP contribution is -2.53. The van der Waals surface area contributed by atoms with Crippen LogP contribution in [0, 0.1) is 0 Å². The Morgan fingerprint density at radius 1 is 1.33 bits per heavy atom. The van der Waals surface area contributed by atoms with E-state index in [2.05, 4.69) is 18.7 Å². The van der Waals surface area contributed by atoms with Crippen LogP contribution in [0.5, 0.6) is 0 Å². The molecule has 0 aliphatic carbocycles. The van der Waals surface area contributed by atoms with E-state index in [4.69, 9.17) is 4.74 Å². The van der Waals surface area contributed by atoms with Crippen molar-refractivity contribution in [2.24, 2.45) is 0 Å². The first-order valence-corrected chi connectivity index (χ1v) is 6.65. The number of aliphatic hydroxyl groups excluding tert-OH is 1. The molecule has 1 aliphatic rings. The van der Waals surface area contributed by atoms with E-state index in [-0.39, 0.29) is 11.6 Å². The summed E-state index contributed by atoms with van der Waals surface area (Å²) in [6, 6.07) is 9.88. The van der Waals surface area contributed by atoms with Gasteiger partial charge < -0.3 is 9.84 Å². The maximum atomic E-state index is 10.2. The highest BCUT2D eigenvalue weighted by Gasteiger charge is 2.30. The van der Waals surface area contributed by atoms with Crippen LogP contribution in [-0.4, -0.2) is 41.8 Å². The maximum absolute atomic E-state index is 10.2. The van der Waals surface area contributed by atoms with Gasteiger partial charge in [-0.05, 0) is 25.8 Å². The van der Waals surface area contributed by atoms with Crippen LogP contribution in [0.2, 0.25) is 0 Å². The Labute approximate surface area is 109 Å². The second kappa shape index (κ2) is 5.83. The maximum Gasteiger partial charge on any atom is 0.0802 e. The van der Waals surface area contributed by atoms with Crippen molar-refractivity contribution in [2.45, 2.75) is 31.9 Å². The highest BCUT2D eigenvalue weighted by molar-refractivity contribution is 5.17. The SMILES string of the molecule is CC1(C)COCCN1CC[C@@H](O)c1ccccc1. The molecule has 0 unspecified atom stereocenters. The van der Waals surface area contributed by atoms with E-state index in [1.807, 2.05) is 30.3 Å². The minimum Gasteiger partial charge on any atom is -0.388 e. The number of rotatable bonds is 4. The van der Waals surface area contributed by atoms with Crippen LogP contribution in [0.25, 0.3) is 0 Å². The molecule has 1 N–H and O–H groups in total. The van der Waals surface area contributed by atoms with Gasteiger partial charge in [-0.25, -0.2) is 0 Å². The minimum atomic E-state index is -0.371. The Bertz CT molecular complexity index is 364. The second-order valence-electron chi connectivity index (χ2n) is 5.57. The average Bonchev–Trinajstić information content (AvgIpc) is 2.38. The van der Waals surface area contributed by atoms with Gasteiger partial charge in [-0.2, -0.15) is 0 Å². The lowest BCUT2D eigenvalue weighted by Gasteiger charge is -2.42. The molecular formula is C15H23NO2. The van der Waals surface area contributed by atoms with Crippen LogP contribution in [0.4, 0.5) is 0 Å². The van der Waals surface area contributed by atoms with Crippen molar-refractivity contribution >= 4 is 0 Å². The molecule has 1 atom stereocenters. The van der Waals surface area contributed by atoms with Gasteiger partial charge >= 0.3 is 0 Å². The molecule has 100 valence electrons. The van der Waals surface area contributed by atoms with E-state index < -0.39 is 0 Å². The summed E-state index contributed by atoms with van der Waals surface area (Å²) in [5, 5.41) is 10.2. The van der Waals surface area contributed by atoms with Gasteiger partial charge in [-0.15, -0.1) is 0 Å². The number of nitrogens with zero attached hydrogens (tertiary/aromatic N) is 1. The number of hydrogen-bond donors (Lipinski definition) is 1. The van der Waals surface area contributed by atoms with Gasteiger partial charge in [0, 0.05) is 18.6 Å². The quantitative estimate of drug-likeness (QED) is 0.888. The van der Waals surface area contributed by atoms with E-state index in [0.717, 1.165) is 38.3 Å². The molecule has 0 spiro atoms. The molecule has 1 saturated heterocycles. The summed E-state index contributed by atoms with van der Waals surface area (Å²) in [4.78, 5) is 2.41. The normalized spacial score (nSPS) is 21.7. The summed E-state index contributed by atoms with van der Waals surface area (Å²) in [5.74, 6) is 0. The molecule has 0 bridgehead atoms. The first kappa shape index (κ1) is 13.5. The first-order valence-electron chi connectivity index (χ1n) is 6.65. The van der Waals surface area contributed by atoms with Crippen LogP contribution in [-0.2, 0) is 4.74 Å². The van der Waals surface area contributed by atoms with Crippen molar-refractivity contribution in [3.63, 3.8) is 0 Å². The van der Waals surface area contributed by atoms with Gasteiger partial charge in [0.25, 0.3) is 0 Å². The van der Waals surface area contributed by atoms with Crippen LogP contribution >= 0.6 is 0 Å². The molecule has 0 radical (unpaired) electrons. The molecule has 3 nitrogen and oxygen atoms in total. The molecule has 3 heteroatoms. The van der Waals surface area contributed by atoms with Gasteiger partial charge in [-0.1, -0.05) is 30.3 Å². The van der Waals surface area contributed by atoms with Crippen LogP contribution < -0.4 is 0 Å². The van der Waals surface area contributed by atoms with Crippen molar-refractivity contribution in [1.82, 2.24) is 4.90 Å². The number of hydrogen-bond acceptors (Lipinski definition) is 3. The summed E-state index contributed by atoms with van der Waals surface area (Å²) >= 11 is 0. The van der Waals surface area contributed by atoms with Crippen LogP contribution in [0.3, 0.4) is 0 Å². The number of morpholine rings is 1. The van der Waals surface area contributed by atoms with E-state index in [1.165, 1.54) is 0 Å². The Morgan fingerprint density at radius 2 is 2.06 bits per heavy atom. The third-order valence-electron chi connectivity index (χ3n) is 3.67. The lowest BCUT2D eigenvalue weighted by molar-refractivity contribution is -0.0552. The Balaban J connectivity index is 1.87. The molecule has 0 amide bonds. The third-order valence-corrected chi connectivity index (χ3v) is 3.67. The standard InChI is InChI=1S/C15H23NO2/c1-15(2)12-18-11-10-16(15)9-8-14(17)13-6-4-3-5-7-13/h3-7,14,17H,8-12H2,1-2H3/t14-/m1/s1. The Morgan fingerprint density at radius 3 is 2.72 bits per heavy atom. The highest BCUT2D eigenvalue weighted by Crippen LogP contribution is 2.22. The third kappa shape index (κ3) is 3.31. The summed E-state index contributed by atoms with van der Waals surface area (Å²) < 4.78 is 5.50. The molecule has 1 aromatic carbocycles. The fourth-order valence-electron chi connectivity index (χ4n) is 2.43. The summed E-state index contributed by atoms with van der Waals surface area (Å²) in [7, 11) is 0. The zero-order valence-corrected chi connectivity index (χ0v) is 11.3. The fourth-order valence-corrected chi connectivity index (χ4v) is 2.43. The van der Waals surface area contributed by atoms with Gasteiger partial charge in [-0.3, -0.25) is 4.90 Å².